The summed E-state index contributed by atoms with van der Waals surface area (Å²) in [6.07, 6.45) is 7.54. The Kier molecular flexibility index (Phi) is 6.88. The highest BCUT2D eigenvalue weighted by Gasteiger charge is 2.31. The maximum Gasteiger partial charge on any atom is 0.211 e. The van der Waals surface area contributed by atoms with E-state index in [1.54, 1.807) is 6.21 Å². The molecule has 0 bridgehead atoms. The topological polar surface area (TPSA) is 106 Å². The van der Waals surface area contributed by atoms with Crippen LogP contribution < -0.4 is 16.2 Å². The SMILES string of the molecule is Cc1c(O)c(C)c2c(c1CCCCc1ccc(/C=N/N=C(N)N)cc1)OC(C)(C)CC2. The Labute approximate surface area is 185 Å². The highest BCUT2D eigenvalue weighted by molar-refractivity contribution is 5.81. The van der Waals surface area contributed by atoms with Crippen molar-refractivity contribution in [2.75, 3.05) is 0 Å². The van der Waals surface area contributed by atoms with Crippen LogP contribution in [0.2, 0.25) is 0 Å². The fourth-order valence-corrected chi connectivity index (χ4v) is 4.13. The van der Waals surface area contributed by atoms with E-state index < -0.39 is 0 Å². The molecule has 1 aliphatic heterocycles. The molecule has 2 aromatic rings. The summed E-state index contributed by atoms with van der Waals surface area (Å²) in [5, 5.41) is 18.1. The van der Waals surface area contributed by atoms with E-state index in [2.05, 4.69) is 36.2 Å². The Morgan fingerprint density at radius 3 is 2.45 bits per heavy atom. The fourth-order valence-electron chi connectivity index (χ4n) is 4.13. The molecule has 0 atom stereocenters. The lowest BCUT2D eigenvalue weighted by Crippen LogP contribution is -2.33. The third kappa shape index (κ3) is 5.57. The molecule has 0 saturated carbocycles. The lowest BCUT2D eigenvalue weighted by atomic mass is 9.86. The van der Waals surface area contributed by atoms with Gasteiger partial charge in [-0.15, -0.1) is 5.10 Å². The van der Waals surface area contributed by atoms with Crippen LogP contribution in [0.4, 0.5) is 0 Å². The van der Waals surface area contributed by atoms with Crippen molar-refractivity contribution in [2.24, 2.45) is 21.7 Å². The van der Waals surface area contributed by atoms with Crippen molar-refractivity contribution in [3.63, 3.8) is 0 Å². The summed E-state index contributed by atoms with van der Waals surface area (Å²) in [6.45, 7) is 8.29. The van der Waals surface area contributed by atoms with Gasteiger partial charge >= 0.3 is 0 Å². The van der Waals surface area contributed by atoms with Crippen molar-refractivity contribution in [3.8, 4) is 11.5 Å². The average Bonchev–Trinajstić information content (AvgIpc) is 2.71. The van der Waals surface area contributed by atoms with E-state index in [1.165, 1.54) is 11.1 Å². The van der Waals surface area contributed by atoms with Crippen molar-refractivity contribution < 1.29 is 9.84 Å². The van der Waals surface area contributed by atoms with Crippen molar-refractivity contribution in [3.05, 3.63) is 57.6 Å². The average molecular weight is 423 g/mol. The summed E-state index contributed by atoms with van der Waals surface area (Å²) in [6, 6.07) is 8.23. The number of hydrogen-bond donors (Lipinski definition) is 3. The third-order valence-corrected chi connectivity index (χ3v) is 6.02. The normalized spacial score (nSPS) is 14.8. The Hall–Kier alpha value is -3.02. The molecule has 166 valence electrons. The first-order valence-corrected chi connectivity index (χ1v) is 10.9. The van der Waals surface area contributed by atoms with Gasteiger partial charge in [0.2, 0.25) is 5.96 Å². The number of benzene rings is 2. The van der Waals surface area contributed by atoms with E-state index in [0.29, 0.717) is 5.75 Å². The zero-order valence-electron chi connectivity index (χ0n) is 19.0. The zero-order valence-corrected chi connectivity index (χ0v) is 19.0. The first-order chi connectivity index (χ1) is 14.7. The molecule has 0 aliphatic carbocycles. The van der Waals surface area contributed by atoms with Crippen molar-refractivity contribution in [1.82, 2.24) is 0 Å². The second-order valence-corrected chi connectivity index (χ2v) is 8.96. The van der Waals surface area contributed by atoms with E-state index >= 15 is 0 Å². The molecule has 1 heterocycles. The summed E-state index contributed by atoms with van der Waals surface area (Å²) in [7, 11) is 0. The number of guanidine groups is 1. The number of aryl methyl sites for hydroxylation is 1. The molecule has 2 aromatic carbocycles. The molecule has 0 spiro atoms. The van der Waals surface area contributed by atoms with Crippen LogP contribution in [0.25, 0.3) is 0 Å². The number of rotatable bonds is 7. The lowest BCUT2D eigenvalue weighted by molar-refractivity contribution is 0.0826. The van der Waals surface area contributed by atoms with Crippen LogP contribution in [-0.4, -0.2) is 22.9 Å². The van der Waals surface area contributed by atoms with Crippen molar-refractivity contribution in [2.45, 2.75) is 71.8 Å². The Bertz CT molecular complexity index is 988. The number of unbranched alkanes of at least 4 members (excludes halogenated alkanes) is 1. The van der Waals surface area contributed by atoms with Crippen molar-refractivity contribution >= 4 is 12.2 Å². The summed E-state index contributed by atoms with van der Waals surface area (Å²) >= 11 is 0. The molecule has 6 heteroatoms. The van der Waals surface area contributed by atoms with Crippen LogP contribution in [0.1, 0.15) is 66.5 Å². The van der Waals surface area contributed by atoms with Gasteiger partial charge in [-0.3, -0.25) is 0 Å². The van der Waals surface area contributed by atoms with Gasteiger partial charge in [0.15, 0.2) is 0 Å². The Morgan fingerprint density at radius 2 is 1.77 bits per heavy atom. The number of hydrogen-bond acceptors (Lipinski definition) is 4. The van der Waals surface area contributed by atoms with Crippen LogP contribution >= 0.6 is 0 Å². The minimum Gasteiger partial charge on any atom is -0.507 e. The summed E-state index contributed by atoms with van der Waals surface area (Å²) in [5.74, 6) is 1.38. The second-order valence-electron chi connectivity index (χ2n) is 8.96. The predicted molar refractivity (Wildman–Crippen MR) is 127 cm³/mol. The highest BCUT2D eigenvalue weighted by Crippen LogP contribution is 2.44. The number of nitrogens with zero attached hydrogens (tertiary/aromatic N) is 2. The molecule has 0 fully saturated rings. The van der Waals surface area contributed by atoms with Gasteiger partial charge in [-0.25, -0.2) is 0 Å². The van der Waals surface area contributed by atoms with E-state index in [4.69, 9.17) is 16.2 Å². The summed E-state index contributed by atoms with van der Waals surface area (Å²) in [4.78, 5) is 0. The molecule has 5 N–H and O–H groups in total. The van der Waals surface area contributed by atoms with Crippen LogP contribution in [0, 0.1) is 13.8 Å². The molecule has 1 aliphatic rings. The molecule has 0 radical (unpaired) electrons. The van der Waals surface area contributed by atoms with Gasteiger partial charge in [0.25, 0.3) is 0 Å². The van der Waals surface area contributed by atoms with Gasteiger partial charge in [0, 0.05) is 11.1 Å². The standard InChI is InChI=1S/C25H34N4O2/c1-16-20(23-21(17(2)22(16)30)13-14-25(3,4)31-23)8-6-5-7-18-9-11-19(12-10-18)15-28-29-24(26)27/h9-12,15,30H,5-8,13-14H2,1-4H3,(H4,26,27,29)/b28-15+. The zero-order chi connectivity index (χ0) is 22.6. The summed E-state index contributed by atoms with van der Waals surface area (Å²) < 4.78 is 6.39. The Balaban J connectivity index is 1.63. The van der Waals surface area contributed by atoms with Gasteiger partial charge < -0.3 is 21.3 Å². The third-order valence-electron chi connectivity index (χ3n) is 6.02. The number of phenolic OH excluding ortho intramolecular Hbond substituents is 1. The molecule has 3 rings (SSSR count). The largest absolute Gasteiger partial charge is 0.507 e. The quantitative estimate of drug-likeness (QED) is 0.268. The number of fused-ring (bicyclic) bond motifs is 1. The number of nitrogens with two attached hydrogens (primary N) is 2. The van der Waals surface area contributed by atoms with E-state index in [9.17, 15) is 5.11 Å². The van der Waals surface area contributed by atoms with E-state index in [1.807, 2.05) is 26.0 Å². The molecule has 0 aromatic heterocycles. The van der Waals surface area contributed by atoms with E-state index in [-0.39, 0.29) is 11.6 Å². The van der Waals surface area contributed by atoms with Crippen LogP contribution in [-0.2, 0) is 19.3 Å². The van der Waals surface area contributed by atoms with Gasteiger partial charge in [-0.1, -0.05) is 24.3 Å². The lowest BCUT2D eigenvalue weighted by Gasteiger charge is -2.35. The maximum atomic E-state index is 10.6. The smallest absolute Gasteiger partial charge is 0.211 e. The minimum absolute atomic E-state index is 0.0553. The monoisotopic (exact) mass is 422 g/mol. The van der Waals surface area contributed by atoms with Gasteiger partial charge in [0.05, 0.1) is 6.21 Å². The number of ether oxygens (including phenoxy) is 1. The second kappa shape index (κ2) is 9.41. The van der Waals surface area contributed by atoms with Gasteiger partial charge in [0.1, 0.15) is 17.1 Å². The first-order valence-electron chi connectivity index (χ1n) is 10.9. The van der Waals surface area contributed by atoms with Gasteiger partial charge in [-0.2, -0.15) is 5.10 Å². The molecular formula is C25H34N4O2. The number of aromatic hydroxyl groups is 1. The molecule has 6 nitrogen and oxygen atoms in total. The maximum absolute atomic E-state index is 10.6. The van der Waals surface area contributed by atoms with Crippen molar-refractivity contribution in [1.29, 1.82) is 0 Å². The summed E-state index contributed by atoms with van der Waals surface area (Å²) in [5.41, 5.74) is 16.8. The molecule has 0 unspecified atom stereocenters. The minimum atomic E-state index is -0.163. The predicted octanol–water partition coefficient (Wildman–Crippen LogP) is 4.29. The van der Waals surface area contributed by atoms with Gasteiger partial charge in [-0.05, 0) is 88.5 Å². The molecular weight excluding hydrogens is 388 g/mol. The molecule has 0 amide bonds. The first kappa shape index (κ1) is 22.7. The fraction of sp³-hybridized carbons (Fsp3) is 0.440. The van der Waals surface area contributed by atoms with Crippen LogP contribution in [0.5, 0.6) is 11.5 Å². The molecule has 0 saturated heterocycles. The molecule has 31 heavy (non-hydrogen) atoms. The van der Waals surface area contributed by atoms with Crippen LogP contribution in [0.15, 0.2) is 34.5 Å². The van der Waals surface area contributed by atoms with Crippen LogP contribution in [0.3, 0.4) is 0 Å². The highest BCUT2D eigenvalue weighted by atomic mass is 16.5. The Morgan fingerprint density at radius 1 is 1.10 bits per heavy atom. The van der Waals surface area contributed by atoms with E-state index in [0.717, 1.165) is 66.5 Å². The number of phenols is 1.